The van der Waals surface area contributed by atoms with E-state index in [9.17, 15) is 5.26 Å². The third kappa shape index (κ3) is 3.45. The van der Waals surface area contributed by atoms with Gasteiger partial charge in [-0.2, -0.15) is 5.26 Å². The summed E-state index contributed by atoms with van der Waals surface area (Å²) in [4.78, 5) is 7.16. The van der Waals surface area contributed by atoms with E-state index in [1.807, 2.05) is 19.9 Å². The molecular formula is C19H25N3. The number of likely N-dealkylation sites (tertiary alicyclic amines) is 1. The van der Waals surface area contributed by atoms with Crippen LogP contribution in [0.25, 0.3) is 10.9 Å². The predicted octanol–water partition coefficient (Wildman–Crippen LogP) is 4.25. The number of nitriles is 1. The SMILES string of the molecule is CC.Cc1ccc2cc(C#N)c(C3CCN(C)CC3)nc2c1. The van der Waals surface area contributed by atoms with Crippen LogP contribution in [0.15, 0.2) is 24.3 Å². The predicted molar refractivity (Wildman–Crippen MR) is 92.0 cm³/mol. The van der Waals surface area contributed by atoms with E-state index in [0.717, 1.165) is 48.1 Å². The largest absolute Gasteiger partial charge is 0.306 e. The highest BCUT2D eigenvalue weighted by Gasteiger charge is 2.22. The second-order valence-corrected chi connectivity index (χ2v) is 5.81. The summed E-state index contributed by atoms with van der Waals surface area (Å²) in [5.74, 6) is 0.422. The Morgan fingerprint density at radius 3 is 2.50 bits per heavy atom. The summed E-state index contributed by atoms with van der Waals surface area (Å²) in [5, 5.41) is 10.5. The molecule has 0 amide bonds. The molecule has 0 bridgehead atoms. The molecule has 3 nitrogen and oxygen atoms in total. The average molecular weight is 295 g/mol. The first kappa shape index (κ1) is 16.5. The minimum Gasteiger partial charge on any atom is -0.306 e. The van der Waals surface area contributed by atoms with Crippen LogP contribution in [0.3, 0.4) is 0 Å². The van der Waals surface area contributed by atoms with Crippen molar-refractivity contribution >= 4 is 10.9 Å². The molecule has 1 fully saturated rings. The van der Waals surface area contributed by atoms with Crippen molar-refractivity contribution in [3.05, 3.63) is 41.1 Å². The molecule has 3 heteroatoms. The van der Waals surface area contributed by atoms with Gasteiger partial charge in [0.25, 0.3) is 0 Å². The van der Waals surface area contributed by atoms with Gasteiger partial charge in [-0.05, 0) is 57.6 Å². The van der Waals surface area contributed by atoms with Gasteiger partial charge >= 0.3 is 0 Å². The van der Waals surface area contributed by atoms with Gasteiger partial charge in [0.2, 0.25) is 0 Å². The first-order valence-corrected chi connectivity index (χ1v) is 8.17. The van der Waals surface area contributed by atoms with Gasteiger partial charge in [-0.3, -0.25) is 4.98 Å². The van der Waals surface area contributed by atoms with E-state index in [4.69, 9.17) is 4.98 Å². The van der Waals surface area contributed by atoms with Crippen molar-refractivity contribution in [3.8, 4) is 6.07 Å². The molecule has 1 aromatic carbocycles. The number of hydrogen-bond acceptors (Lipinski definition) is 3. The number of hydrogen-bond donors (Lipinski definition) is 0. The lowest BCUT2D eigenvalue weighted by atomic mass is 9.90. The Morgan fingerprint density at radius 1 is 1.18 bits per heavy atom. The van der Waals surface area contributed by atoms with E-state index < -0.39 is 0 Å². The zero-order valence-corrected chi connectivity index (χ0v) is 14.1. The third-order valence-corrected chi connectivity index (χ3v) is 4.23. The molecule has 22 heavy (non-hydrogen) atoms. The number of piperidine rings is 1. The van der Waals surface area contributed by atoms with Crippen LogP contribution in [-0.4, -0.2) is 30.0 Å². The van der Waals surface area contributed by atoms with E-state index in [0.29, 0.717) is 5.92 Å². The van der Waals surface area contributed by atoms with E-state index in [-0.39, 0.29) is 0 Å². The molecule has 2 aromatic rings. The van der Waals surface area contributed by atoms with Crippen LogP contribution >= 0.6 is 0 Å². The molecule has 3 rings (SSSR count). The molecule has 2 heterocycles. The number of aromatic nitrogens is 1. The molecule has 0 spiro atoms. The maximum Gasteiger partial charge on any atom is 0.101 e. The standard InChI is InChI=1S/C17H19N3.C2H6/c1-12-3-4-14-10-15(11-18)17(19-16(14)9-12)13-5-7-20(2)8-6-13;1-2/h3-4,9-10,13H,5-8H2,1-2H3;1-2H3. The lowest BCUT2D eigenvalue weighted by Gasteiger charge is -2.29. The number of rotatable bonds is 1. The summed E-state index contributed by atoms with van der Waals surface area (Å²) in [6, 6.07) is 10.6. The van der Waals surface area contributed by atoms with E-state index in [1.165, 1.54) is 5.56 Å². The summed E-state index contributed by atoms with van der Waals surface area (Å²) >= 11 is 0. The highest BCUT2D eigenvalue weighted by molar-refractivity contribution is 5.81. The minimum atomic E-state index is 0.422. The maximum atomic E-state index is 9.41. The van der Waals surface area contributed by atoms with Crippen LogP contribution in [0.1, 0.15) is 49.4 Å². The number of benzene rings is 1. The molecule has 0 N–H and O–H groups in total. The van der Waals surface area contributed by atoms with Crippen LogP contribution < -0.4 is 0 Å². The van der Waals surface area contributed by atoms with Crippen molar-refractivity contribution in [2.45, 2.75) is 39.5 Å². The van der Waals surface area contributed by atoms with Gasteiger partial charge in [-0.25, -0.2) is 0 Å². The first-order chi connectivity index (χ1) is 10.7. The van der Waals surface area contributed by atoms with Crippen LogP contribution in [-0.2, 0) is 0 Å². The van der Waals surface area contributed by atoms with Crippen LogP contribution in [0.4, 0.5) is 0 Å². The number of nitrogens with zero attached hydrogens (tertiary/aromatic N) is 3. The zero-order valence-electron chi connectivity index (χ0n) is 14.1. The normalized spacial score (nSPS) is 16.0. The third-order valence-electron chi connectivity index (χ3n) is 4.23. The maximum absolute atomic E-state index is 9.41. The van der Waals surface area contributed by atoms with E-state index in [1.54, 1.807) is 0 Å². The Morgan fingerprint density at radius 2 is 1.86 bits per heavy atom. The van der Waals surface area contributed by atoms with E-state index >= 15 is 0 Å². The highest BCUT2D eigenvalue weighted by Crippen LogP contribution is 2.30. The Hall–Kier alpha value is -1.92. The Labute approximate surface area is 133 Å². The first-order valence-electron chi connectivity index (χ1n) is 8.17. The fourth-order valence-corrected chi connectivity index (χ4v) is 2.97. The Balaban J connectivity index is 0.000000847. The van der Waals surface area contributed by atoms with Gasteiger partial charge < -0.3 is 4.90 Å². The quantitative estimate of drug-likeness (QED) is 0.789. The lowest BCUT2D eigenvalue weighted by molar-refractivity contribution is 0.253. The number of fused-ring (bicyclic) bond motifs is 1. The smallest absolute Gasteiger partial charge is 0.101 e. The summed E-state index contributed by atoms with van der Waals surface area (Å²) in [6.45, 7) is 8.25. The average Bonchev–Trinajstić information content (AvgIpc) is 2.56. The summed E-state index contributed by atoms with van der Waals surface area (Å²) in [7, 11) is 2.15. The van der Waals surface area contributed by atoms with Crippen molar-refractivity contribution in [1.82, 2.24) is 9.88 Å². The van der Waals surface area contributed by atoms with Gasteiger partial charge in [0, 0.05) is 11.3 Å². The van der Waals surface area contributed by atoms with Crippen molar-refractivity contribution in [2.24, 2.45) is 0 Å². The molecule has 1 saturated heterocycles. The van der Waals surface area contributed by atoms with Crippen LogP contribution in [0.5, 0.6) is 0 Å². The topological polar surface area (TPSA) is 39.9 Å². The number of aryl methyl sites for hydroxylation is 1. The molecule has 1 aliphatic heterocycles. The van der Waals surface area contributed by atoms with Gasteiger partial charge in [0.15, 0.2) is 0 Å². The molecule has 116 valence electrons. The van der Waals surface area contributed by atoms with Gasteiger partial charge in [-0.1, -0.05) is 26.0 Å². The van der Waals surface area contributed by atoms with Crippen LogP contribution in [0, 0.1) is 18.3 Å². The Bertz CT molecular complexity index is 677. The highest BCUT2D eigenvalue weighted by atomic mass is 15.1. The van der Waals surface area contributed by atoms with Gasteiger partial charge in [0.1, 0.15) is 6.07 Å². The van der Waals surface area contributed by atoms with Gasteiger partial charge in [0.05, 0.1) is 16.8 Å². The molecule has 0 radical (unpaired) electrons. The van der Waals surface area contributed by atoms with Gasteiger partial charge in [-0.15, -0.1) is 0 Å². The molecule has 0 saturated carbocycles. The zero-order chi connectivity index (χ0) is 16.1. The molecule has 0 aliphatic carbocycles. The van der Waals surface area contributed by atoms with E-state index in [2.05, 4.69) is 43.1 Å². The lowest BCUT2D eigenvalue weighted by Crippen LogP contribution is -2.29. The second kappa shape index (κ2) is 7.38. The molecule has 0 atom stereocenters. The summed E-state index contributed by atoms with van der Waals surface area (Å²) < 4.78 is 0. The molecule has 0 unspecified atom stereocenters. The summed E-state index contributed by atoms with van der Waals surface area (Å²) in [5.41, 5.74) is 3.97. The molecular weight excluding hydrogens is 270 g/mol. The molecule has 1 aliphatic rings. The van der Waals surface area contributed by atoms with Crippen molar-refractivity contribution in [1.29, 1.82) is 5.26 Å². The van der Waals surface area contributed by atoms with Crippen molar-refractivity contribution in [2.75, 3.05) is 20.1 Å². The van der Waals surface area contributed by atoms with Crippen molar-refractivity contribution < 1.29 is 0 Å². The Kier molecular flexibility index (Phi) is 5.51. The van der Waals surface area contributed by atoms with Crippen molar-refractivity contribution in [3.63, 3.8) is 0 Å². The molecule has 1 aromatic heterocycles. The fraction of sp³-hybridized carbons (Fsp3) is 0.474. The number of pyridine rings is 1. The fourth-order valence-electron chi connectivity index (χ4n) is 2.97. The summed E-state index contributed by atoms with van der Waals surface area (Å²) in [6.07, 6.45) is 2.19. The van der Waals surface area contributed by atoms with Crippen LogP contribution in [0.2, 0.25) is 0 Å². The second-order valence-electron chi connectivity index (χ2n) is 5.81. The minimum absolute atomic E-state index is 0.422. The monoisotopic (exact) mass is 295 g/mol.